The Labute approximate surface area is 134 Å². The molecule has 0 bridgehead atoms. The molecule has 5 nitrogen and oxygen atoms in total. The minimum Gasteiger partial charge on any atom is -0.468 e. The summed E-state index contributed by atoms with van der Waals surface area (Å²) < 4.78 is 5.92. The Bertz CT molecular complexity index is 812. The van der Waals surface area contributed by atoms with E-state index < -0.39 is 11.5 Å². The molecule has 2 rings (SSSR count). The van der Waals surface area contributed by atoms with Crippen molar-refractivity contribution in [3.8, 4) is 17.3 Å². The molecule has 1 aromatic carbocycles. The first-order valence-corrected chi connectivity index (χ1v) is 7.29. The standard InChI is InChI=1S/C18H18N2O3/c1-12(2)13-4-6-14(7-5-13)16-9-8-15(10-19)18(22)20(16)11-17(21)23-3/h4-9,12H,11H2,1-3H3. The zero-order valence-electron chi connectivity index (χ0n) is 13.4. The summed E-state index contributed by atoms with van der Waals surface area (Å²) in [7, 11) is 1.26. The number of aromatic nitrogens is 1. The van der Waals surface area contributed by atoms with Crippen LogP contribution in [-0.4, -0.2) is 17.6 Å². The Morgan fingerprint density at radius 3 is 2.39 bits per heavy atom. The molecule has 0 aliphatic carbocycles. The van der Waals surface area contributed by atoms with Crippen LogP contribution >= 0.6 is 0 Å². The van der Waals surface area contributed by atoms with Gasteiger partial charge < -0.3 is 4.74 Å². The number of carbonyl (C=O) groups is 1. The molecular formula is C18H18N2O3. The number of methoxy groups -OCH3 is 1. The van der Waals surface area contributed by atoms with Crippen LogP contribution in [-0.2, 0) is 16.1 Å². The molecule has 0 aliphatic rings. The molecule has 5 heteroatoms. The number of pyridine rings is 1. The number of esters is 1. The highest BCUT2D eigenvalue weighted by atomic mass is 16.5. The van der Waals surface area contributed by atoms with Gasteiger partial charge in [-0.3, -0.25) is 14.2 Å². The number of hydrogen-bond donors (Lipinski definition) is 0. The number of nitriles is 1. The third kappa shape index (κ3) is 3.49. The van der Waals surface area contributed by atoms with Gasteiger partial charge in [-0.2, -0.15) is 5.26 Å². The van der Waals surface area contributed by atoms with Gasteiger partial charge in [-0.25, -0.2) is 0 Å². The van der Waals surface area contributed by atoms with Crippen LogP contribution in [0.5, 0.6) is 0 Å². The lowest BCUT2D eigenvalue weighted by molar-refractivity contribution is -0.141. The van der Waals surface area contributed by atoms with Crippen LogP contribution in [0.4, 0.5) is 0 Å². The van der Waals surface area contributed by atoms with Gasteiger partial charge in [0.25, 0.3) is 5.56 Å². The zero-order valence-corrected chi connectivity index (χ0v) is 13.4. The van der Waals surface area contributed by atoms with Crippen molar-refractivity contribution < 1.29 is 9.53 Å². The van der Waals surface area contributed by atoms with E-state index >= 15 is 0 Å². The second kappa shape index (κ2) is 6.93. The average molecular weight is 310 g/mol. The monoisotopic (exact) mass is 310 g/mol. The Hall–Kier alpha value is -2.87. The van der Waals surface area contributed by atoms with Gasteiger partial charge in [0.2, 0.25) is 0 Å². The van der Waals surface area contributed by atoms with E-state index in [1.165, 1.54) is 23.3 Å². The van der Waals surface area contributed by atoms with Crippen LogP contribution in [0, 0.1) is 11.3 Å². The molecule has 0 aliphatic heterocycles. The second-order valence-electron chi connectivity index (χ2n) is 5.49. The summed E-state index contributed by atoms with van der Waals surface area (Å²) in [5.41, 5.74) is 2.07. The second-order valence-corrected chi connectivity index (χ2v) is 5.49. The van der Waals surface area contributed by atoms with Crippen LogP contribution in [0.15, 0.2) is 41.2 Å². The summed E-state index contributed by atoms with van der Waals surface area (Å²) in [6.07, 6.45) is 0. The van der Waals surface area contributed by atoms with Gasteiger partial charge >= 0.3 is 5.97 Å². The molecule has 23 heavy (non-hydrogen) atoms. The molecular weight excluding hydrogens is 292 g/mol. The van der Waals surface area contributed by atoms with E-state index in [0.717, 1.165) is 5.56 Å². The molecule has 0 atom stereocenters. The predicted molar refractivity (Wildman–Crippen MR) is 87.0 cm³/mol. The quantitative estimate of drug-likeness (QED) is 0.814. The third-order valence-electron chi connectivity index (χ3n) is 3.68. The minimum absolute atomic E-state index is 0.00328. The fourth-order valence-electron chi connectivity index (χ4n) is 2.30. The SMILES string of the molecule is COC(=O)Cn1c(-c2ccc(C(C)C)cc2)ccc(C#N)c1=O. The van der Waals surface area contributed by atoms with Crippen LogP contribution in [0.25, 0.3) is 11.3 Å². The summed E-state index contributed by atoms with van der Waals surface area (Å²) >= 11 is 0. The van der Waals surface area contributed by atoms with Crippen molar-refractivity contribution in [2.24, 2.45) is 0 Å². The zero-order chi connectivity index (χ0) is 17.0. The highest BCUT2D eigenvalue weighted by Crippen LogP contribution is 2.22. The number of carbonyl (C=O) groups excluding carboxylic acids is 1. The van der Waals surface area contributed by atoms with Crippen molar-refractivity contribution in [1.29, 1.82) is 5.26 Å². The molecule has 118 valence electrons. The number of rotatable bonds is 4. The number of benzene rings is 1. The number of hydrogen-bond acceptors (Lipinski definition) is 4. The summed E-state index contributed by atoms with van der Waals surface area (Å²) in [6.45, 7) is 3.97. The molecule has 1 heterocycles. The smallest absolute Gasteiger partial charge is 0.325 e. The first-order chi connectivity index (χ1) is 11.0. The van der Waals surface area contributed by atoms with E-state index in [9.17, 15) is 9.59 Å². The summed E-state index contributed by atoms with van der Waals surface area (Å²) in [6, 6.07) is 12.8. The van der Waals surface area contributed by atoms with Gasteiger partial charge in [0.1, 0.15) is 18.2 Å². The molecule has 0 saturated heterocycles. The summed E-state index contributed by atoms with van der Waals surface area (Å²) in [5, 5.41) is 9.01. The van der Waals surface area contributed by atoms with E-state index in [1.807, 2.05) is 30.3 Å². The Morgan fingerprint density at radius 1 is 1.22 bits per heavy atom. The van der Waals surface area contributed by atoms with Gasteiger partial charge in [-0.1, -0.05) is 38.1 Å². The van der Waals surface area contributed by atoms with Crippen molar-refractivity contribution in [3.05, 3.63) is 57.9 Å². The number of ether oxygens (including phenoxy) is 1. The highest BCUT2D eigenvalue weighted by Gasteiger charge is 2.14. The maximum absolute atomic E-state index is 12.4. The van der Waals surface area contributed by atoms with E-state index in [4.69, 9.17) is 5.26 Å². The van der Waals surface area contributed by atoms with Crippen molar-refractivity contribution in [2.75, 3.05) is 7.11 Å². The number of nitrogens with zero attached hydrogens (tertiary/aromatic N) is 2. The van der Waals surface area contributed by atoms with Gasteiger partial charge in [0.15, 0.2) is 0 Å². The molecule has 0 spiro atoms. The largest absolute Gasteiger partial charge is 0.468 e. The first kappa shape index (κ1) is 16.5. The van der Waals surface area contributed by atoms with Crippen molar-refractivity contribution in [2.45, 2.75) is 26.3 Å². The fourth-order valence-corrected chi connectivity index (χ4v) is 2.30. The molecule has 1 aromatic heterocycles. The predicted octanol–water partition coefficient (Wildman–Crippen LogP) is 2.68. The van der Waals surface area contributed by atoms with Crippen molar-refractivity contribution >= 4 is 5.97 Å². The summed E-state index contributed by atoms with van der Waals surface area (Å²) in [4.78, 5) is 23.9. The molecule has 2 aromatic rings. The van der Waals surface area contributed by atoms with Crippen LogP contribution < -0.4 is 5.56 Å². The van der Waals surface area contributed by atoms with Crippen LogP contribution in [0.2, 0.25) is 0 Å². The maximum Gasteiger partial charge on any atom is 0.325 e. The molecule has 0 N–H and O–H groups in total. The lowest BCUT2D eigenvalue weighted by Gasteiger charge is -2.13. The first-order valence-electron chi connectivity index (χ1n) is 7.29. The topological polar surface area (TPSA) is 72.1 Å². The molecule has 0 radical (unpaired) electrons. The van der Waals surface area contributed by atoms with Gasteiger partial charge in [0.05, 0.1) is 12.8 Å². The third-order valence-corrected chi connectivity index (χ3v) is 3.68. The maximum atomic E-state index is 12.4. The Morgan fingerprint density at radius 2 is 1.87 bits per heavy atom. The van der Waals surface area contributed by atoms with E-state index in [0.29, 0.717) is 11.6 Å². The van der Waals surface area contributed by atoms with Crippen molar-refractivity contribution in [1.82, 2.24) is 4.57 Å². The normalized spacial score (nSPS) is 10.4. The molecule has 0 saturated carbocycles. The van der Waals surface area contributed by atoms with Gasteiger partial charge in [-0.05, 0) is 29.2 Å². The highest BCUT2D eigenvalue weighted by molar-refractivity contribution is 5.71. The average Bonchev–Trinajstić information content (AvgIpc) is 2.56. The molecule has 0 unspecified atom stereocenters. The molecule has 0 amide bonds. The fraction of sp³-hybridized carbons (Fsp3) is 0.278. The van der Waals surface area contributed by atoms with E-state index in [-0.39, 0.29) is 12.1 Å². The minimum atomic E-state index is -0.540. The van der Waals surface area contributed by atoms with Crippen molar-refractivity contribution in [3.63, 3.8) is 0 Å². The Kier molecular flexibility index (Phi) is 4.97. The van der Waals surface area contributed by atoms with Gasteiger partial charge in [0, 0.05) is 0 Å². The Balaban J connectivity index is 2.57. The van der Waals surface area contributed by atoms with Crippen LogP contribution in [0.3, 0.4) is 0 Å². The summed E-state index contributed by atoms with van der Waals surface area (Å²) in [5.74, 6) is -0.135. The van der Waals surface area contributed by atoms with Gasteiger partial charge in [-0.15, -0.1) is 0 Å². The molecule has 0 fully saturated rings. The lowest BCUT2D eigenvalue weighted by atomic mass is 10.0. The lowest BCUT2D eigenvalue weighted by Crippen LogP contribution is -2.28. The van der Waals surface area contributed by atoms with E-state index in [2.05, 4.69) is 18.6 Å². The van der Waals surface area contributed by atoms with E-state index in [1.54, 1.807) is 6.07 Å². The van der Waals surface area contributed by atoms with Crippen LogP contribution in [0.1, 0.15) is 30.9 Å².